The normalized spacial score (nSPS) is 17.5. The van der Waals surface area contributed by atoms with E-state index < -0.39 is 12.0 Å². The SMILES string of the molecule is O=C(O)C(c1ccccc1)N1CCN(Cc2ccc(Cl)cc2)CC1. The third kappa shape index (κ3) is 4.15. The Balaban J connectivity index is 1.61. The monoisotopic (exact) mass is 344 g/mol. The Kier molecular flexibility index (Phi) is 5.51. The molecule has 1 aliphatic heterocycles. The number of hydrogen-bond donors (Lipinski definition) is 1. The summed E-state index contributed by atoms with van der Waals surface area (Å²) in [5, 5.41) is 10.4. The van der Waals surface area contributed by atoms with E-state index in [1.165, 1.54) is 5.56 Å². The smallest absolute Gasteiger partial charge is 0.325 e. The summed E-state index contributed by atoms with van der Waals surface area (Å²) >= 11 is 5.92. The maximum Gasteiger partial charge on any atom is 0.325 e. The van der Waals surface area contributed by atoms with Crippen LogP contribution in [0.1, 0.15) is 17.2 Å². The number of benzene rings is 2. The van der Waals surface area contributed by atoms with Gasteiger partial charge in [-0.25, -0.2) is 0 Å². The summed E-state index contributed by atoms with van der Waals surface area (Å²) in [5.74, 6) is -0.785. The molecule has 0 aliphatic carbocycles. The molecule has 1 heterocycles. The van der Waals surface area contributed by atoms with Crippen LogP contribution in [0.4, 0.5) is 0 Å². The predicted octanol–water partition coefficient (Wildman–Crippen LogP) is 3.28. The lowest BCUT2D eigenvalue weighted by atomic mass is 10.0. The number of carbonyl (C=O) groups is 1. The first-order valence-electron chi connectivity index (χ1n) is 8.12. The van der Waals surface area contributed by atoms with Crippen LogP contribution < -0.4 is 0 Å². The van der Waals surface area contributed by atoms with Gasteiger partial charge in [0.1, 0.15) is 6.04 Å². The van der Waals surface area contributed by atoms with Gasteiger partial charge in [0.25, 0.3) is 0 Å². The summed E-state index contributed by atoms with van der Waals surface area (Å²) in [6.45, 7) is 4.09. The first kappa shape index (κ1) is 17.0. The molecule has 2 aromatic carbocycles. The van der Waals surface area contributed by atoms with Crippen LogP contribution in [-0.2, 0) is 11.3 Å². The summed E-state index contributed by atoms with van der Waals surface area (Å²) < 4.78 is 0. The van der Waals surface area contributed by atoms with Crippen molar-refractivity contribution in [2.24, 2.45) is 0 Å². The zero-order valence-corrected chi connectivity index (χ0v) is 14.2. The second kappa shape index (κ2) is 7.79. The van der Waals surface area contributed by atoms with E-state index in [4.69, 9.17) is 11.6 Å². The Morgan fingerprint density at radius 2 is 1.62 bits per heavy atom. The van der Waals surface area contributed by atoms with Crippen LogP contribution >= 0.6 is 11.6 Å². The maximum absolute atomic E-state index is 11.7. The minimum atomic E-state index is -0.785. The molecule has 0 saturated carbocycles. The predicted molar refractivity (Wildman–Crippen MR) is 95.1 cm³/mol. The lowest BCUT2D eigenvalue weighted by Crippen LogP contribution is -2.48. The molecule has 1 fully saturated rings. The van der Waals surface area contributed by atoms with Crippen LogP contribution in [-0.4, -0.2) is 47.1 Å². The number of nitrogens with zero attached hydrogens (tertiary/aromatic N) is 2. The minimum Gasteiger partial charge on any atom is -0.480 e. The van der Waals surface area contributed by atoms with Crippen LogP contribution in [0.5, 0.6) is 0 Å². The van der Waals surface area contributed by atoms with Crippen molar-refractivity contribution in [1.29, 1.82) is 0 Å². The number of rotatable bonds is 5. The highest BCUT2D eigenvalue weighted by Gasteiger charge is 2.30. The fraction of sp³-hybridized carbons (Fsp3) is 0.316. The van der Waals surface area contributed by atoms with Gasteiger partial charge in [-0.05, 0) is 23.3 Å². The minimum absolute atomic E-state index is 0.566. The second-order valence-corrected chi connectivity index (χ2v) is 6.53. The fourth-order valence-corrected chi connectivity index (χ4v) is 3.30. The molecule has 1 saturated heterocycles. The van der Waals surface area contributed by atoms with E-state index in [1.54, 1.807) is 0 Å². The van der Waals surface area contributed by atoms with Gasteiger partial charge in [-0.1, -0.05) is 54.1 Å². The third-order valence-corrected chi connectivity index (χ3v) is 4.69. The van der Waals surface area contributed by atoms with E-state index in [1.807, 2.05) is 54.6 Å². The van der Waals surface area contributed by atoms with Crippen molar-refractivity contribution in [1.82, 2.24) is 9.80 Å². The van der Waals surface area contributed by atoms with E-state index in [-0.39, 0.29) is 0 Å². The molecule has 3 rings (SSSR count). The highest BCUT2D eigenvalue weighted by atomic mass is 35.5. The van der Waals surface area contributed by atoms with E-state index in [0.29, 0.717) is 0 Å². The molecule has 2 aromatic rings. The van der Waals surface area contributed by atoms with E-state index in [2.05, 4.69) is 9.80 Å². The highest BCUT2D eigenvalue weighted by Crippen LogP contribution is 2.23. The van der Waals surface area contributed by atoms with Crippen LogP contribution in [0.15, 0.2) is 54.6 Å². The molecule has 24 heavy (non-hydrogen) atoms. The maximum atomic E-state index is 11.7. The van der Waals surface area contributed by atoms with E-state index in [0.717, 1.165) is 43.3 Å². The van der Waals surface area contributed by atoms with Gasteiger partial charge in [0, 0.05) is 37.7 Å². The van der Waals surface area contributed by atoms with Gasteiger partial charge in [-0.2, -0.15) is 0 Å². The average molecular weight is 345 g/mol. The van der Waals surface area contributed by atoms with E-state index in [9.17, 15) is 9.90 Å². The molecule has 1 aliphatic rings. The van der Waals surface area contributed by atoms with Crippen molar-refractivity contribution in [2.45, 2.75) is 12.6 Å². The summed E-state index contributed by atoms with van der Waals surface area (Å²) in [4.78, 5) is 16.1. The standard InChI is InChI=1S/C19H21ClN2O2/c20-17-8-6-15(7-9-17)14-21-10-12-22(13-11-21)18(19(23)24)16-4-2-1-3-5-16/h1-9,18H,10-14H2,(H,23,24). The summed E-state index contributed by atoms with van der Waals surface area (Å²) in [6.07, 6.45) is 0. The molecule has 1 N–H and O–H groups in total. The second-order valence-electron chi connectivity index (χ2n) is 6.09. The molecular weight excluding hydrogens is 324 g/mol. The number of carboxylic acid groups (broad SMARTS) is 1. The van der Waals surface area contributed by atoms with Gasteiger partial charge in [0.2, 0.25) is 0 Å². The Morgan fingerprint density at radius 3 is 2.21 bits per heavy atom. The van der Waals surface area contributed by atoms with Gasteiger partial charge in [-0.15, -0.1) is 0 Å². The van der Waals surface area contributed by atoms with Crippen LogP contribution in [0.25, 0.3) is 0 Å². The van der Waals surface area contributed by atoms with Gasteiger partial charge in [0.05, 0.1) is 0 Å². The van der Waals surface area contributed by atoms with Crippen LogP contribution in [0.3, 0.4) is 0 Å². The lowest BCUT2D eigenvalue weighted by Gasteiger charge is -2.37. The Hall–Kier alpha value is -1.88. The topological polar surface area (TPSA) is 43.8 Å². The molecular formula is C19H21ClN2O2. The number of carboxylic acids is 1. The molecule has 0 amide bonds. The zero-order valence-electron chi connectivity index (χ0n) is 13.4. The molecule has 0 bridgehead atoms. The van der Waals surface area contributed by atoms with Crippen molar-refractivity contribution in [3.63, 3.8) is 0 Å². The summed E-state index contributed by atoms with van der Waals surface area (Å²) in [7, 11) is 0. The van der Waals surface area contributed by atoms with Gasteiger partial charge >= 0.3 is 5.97 Å². The van der Waals surface area contributed by atoms with Crippen LogP contribution in [0, 0.1) is 0 Å². The average Bonchev–Trinajstić information content (AvgIpc) is 2.59. The van der Waals surface area contributed by atoms with Crippen molar-refractivity contribution in [3.8, 4) is 0 Å². The largest absolute Gasteiger partial charge is 0.480 e. The fourth-order valence-electron chi connectivity index (χ4n) is 3.17. The van der Waals surface area contributed by atoms with Gasteiger partial charge in [0.15, 0.2) is 0 Å². The lowest BCUT2D eigenvalue weighted by molar-refractivity contribution is -0.144. The van der Waals surface area contributed by atoms with Crippen LogP contribution in [0.2, 0.25) is 5.02 Å². The Bertz CT molecular complexity index is 668. The Morgan fingerprint density at radius 1 is 1.00 bits per heavy atom. The summed E-state index contributed by atoms with van der Waals surface area (Å²) in [6, 6.07) is 16.8. The Labute approximate surface area is 147 Å². The van der Waals surface area contributed by atoms with Crippen molar-refractivity contribution < 1.29 is 9.90 Å². The molecule has 1 unspecified atom stereocenters. The van der Waals surface area contributed by atoms with Crippen molar-refractivity contribution >= 4 is 17.6 Å². The number of halogens is 1. The molecule has 126 valence electrons. The summed E-state index contributed by atoms with van der Waals surface area (Å²) in [5.41, 5.74) is 2.07. The highest BCUT2D eigenvalue weighted by molar-refractivity contribution is 6.30. The molecule has 4 nitrogen and oxygen atoms in total. The third-order valence-electron chi connectivity index (χ3n) is 4.44. The van der Waals surface area contributed by atoms with Gasteiger partial charge in [-0.3, -0.25) is 14.6 Å². The quantitative estimate of drug-likeness (QED) is 0.904. The van der Waals surface area contributed by atoms with E-state index >= 15 is 0 Å². The molecule has 5 heteroatoms. The number of hydrogen-bond acceptors (Lipinski definition) is 3. The van der Waals surface area contributed by atoms with Crippen molar-refractivity contribution in [3.05, 3.63) is 70.7 Å². The van der Waals surface area contributed by atoms with Gasteiger partial charge < -0.3 is 5.11 Å². The number of aliphatic carboxylic acids is 1. The number of piperazine rings is 1. The molecule has 1 atom stereocenters. The first-order valence-corrected chi connectivity index (χ1v) is 8.50. The first-order chi connectivity index (χ1) is 11.6. The zero-order chi connectivity index (χ0) is 16.9. The molecule has 0 radical (unpaired) electrons. The molecule has 0 aromatic heterocycles. The molecule has 0 spiro atoms. The van der Waals surface area contributed by atoms with Crippen molar-refractivity contribution in [2.75, 3.05) is 26.2 Å².